The molecule has 1 aromatic carbocycles. The third-order valence-electron chi connectivity index (χ3n) is 4.69. The number of benzene rings is 1. The maximum atomic E-state index is 12.9. The van der Waals surface area contributed by atoms with Crippen molar-refractivity contribution in [2.45, 2.75) is 39.0 Å². The number of hydrogen-bond donors (Lipinski definition) is 0. The van der Waals surface area contributed by atoms with E-state index < -0.39 is 17.9 Å². The lowest BCUT2D eigenvalue weighted by atomic mass is 9.89. The van der Waals surface area contributed by atoms with Crippen molar-refractivity contribution in [2.75, 3.05) is 0 Å². The van der Waals surface area contributed by atoms with Gasteiger partial charge in [0.25, 0.3) is 5.78 Å². The number of halogens is 3. The third-order valence-corrected chi connectivity index (χ3v) is 4.69. The largest absolute Gasteiger partial charge is 0.491 e. The van der Waals surface area contributed by atoms with E-state index in [2.05, 4.69) is 0 Å². The lowest BCUT2D eigenvalue weighted by molar-refractivity contribution is -0.166. The Bertz CT molecular complexity index is 698. The average Bonchev–Trinajstić information content (AvgIpc) is 3.14. The summed E-state index contributed by atoms with van der Waals surface area (Å²) in [4.78, 5) is 11.9. The Morgan fingerprint density at radius 2 is 1.83 bits per heavy atom. The third kappa shape index (κ3) is 2.99. The van der Waals surface area contributed by atoms with Gasteiger partial charge in [0.2, 0.25) is 0 Å². The highest BCUT2D eigenvalue weighted by Gasteiger charge is 2.48. The molecule has 2 aliphatic rings. The van der Waals surface area contributed by atoms with Gasteiger partial charge >= 0.3 is 6.18 Å². The van der Waals surface area contributed by atoms with Crippen molar-refractivity contribution in [3.05, 3.63) is 47.6 Å². The van der Waals surface area contributed by atoms with Crippen LogP contribution in [-0.2, 0) is 4.79 Å². The van der Waals surface area contributed by atoms with Crippen LogP contribution in [0, 0.1) is 11.8 Å². The quantitative estimate of drug-likeness (QED) is 0.711. The molecule has 0 saturated carbocycles. The van der Waals surface area contributed by atoms with Crippen LogP contribution in [0.1, 0.15) is 32.3 Å². The minimum atomic E-state index is -4.83. The summed E-state index contributed by atoms with van der Waals surface area (Å²) in [5.74, 6) is -1.57. The van der Waals surface area contributed by atoms with Gasteiger partial charge in [-0.15, -0.1) is 0 Å². The van der Waals surface area contributed by atoms with Crippen LogP contribution >= 0.6 is 0 Å². The molecule has 0 heterocycles. The van der Waals surface area contributed by atoms with Crippen LogP contribution in [0.2, 0.25) is 0 Å². The molecule has 2 aliphatic carbocycles. The molecule has 3 unspecified atom stereocenters. The Kier molecular flexibility index (Phi) is 4.28. The topological polar surface area (TPSA) is 26.3 Å². The van der Waals surface area contributed by atoms with Crippen molar-refractivity contribution >= 4 is 11.4 Å². The Hall–Kier alpha value is -2.04. The molecular formula is C19H19F3O2. The maximum Gasteiger partial charge on any atom is 0.454 e. The van der Waals surface area contributed by atoms with Gasteiger partial charge in [-0.25, -0.2) is 0 Å². The van der Waals surface area contributed by atoms with E-state index in [1.165, 1.54) is 0 Å². The van der Waals surface area contributed by atoms with Crippen LogP contribution < -0.4 is 4.74 Å². The van der Waals surface area contributed by atoms with Gasteiger partial charge in [0.1, 0.15) is 5.75 Å². The molecule has 1 aromatic rings. The lowest BCUT2D eigenvalue weighted by Crippen LogP contribution is -2.27. The predicted molar refractivity (Wildman–Crippen MR) is 85.5 cm³/mol. The zero-order chi connectivity index (χ0) is 17.5. The molecule has 24 heavy (non-hydrogen) atoms. The van der Waals surface area contributed by atoms with Crippen LogP contribution in [0.15, 0.2) is 42.0 Å². The SMILES string of the molecule is CCC(C)Oc1ccc(C2=C(C(=O)C(F)(F)F)C3C=CC2C3)cc1. The van der Waals surface area contributed by atoms with Crippen molar-refractivity contribution in [3.63, 3.8) is 0 Å². The Morgan fingerprint density at radius 3 is 2.42 bits per heavy atom. The average molecular weight is 336 g/mol. The van der Waals surface area contributed by atoms with Gasteiger partial charge in [-0.3, -0.25) is 4.79 Å². The van der Waals surface area contributed by atoms with Crippen molar-refractivity contribution in [3.8, 4) is 5.75 Å². The first kappa shape index (κ1) is 16.8. The minimum Gasteiger partial charge on any atom is -0.491 e. The number of fused-ring (bicyclic) bond motifs is 2. The second-order valence-corrected chi connectivity index (χ2v) is 6.35. The Balaban J connectivity index is 1.94. The summed E-state index contributed by atoms with van der Waals surface area (Å²) < 4.78 is 44.5. The molecule has 0 amide bonds. The highest BCUT2D eigenvalue weighted by atomic mass is 19.4. The molecule has 0 aromatic heterocycles. The molecule has 0 N–H and O–H groups in total. The van der Waals surface area contributed by atoms with E-state index in [0.717, 1.165) is 6.42 Å². The van der Waals surface area contributed by atoms with E-state index in [0.29, 0.717) is 23.3 Å². The molecule has 3 atom stereocenters. The van der Waals surface area contributed by atoms with Gasteiger partial charge in [0.05, 0.1) is 6.10 Å². The van der Waals surface area contributed by atoms with Crippen molar-refractivity contribution in [1.29, 1.82) is 0 Å². The fourth-order valence-corrected chi connectivity index (χ4v) is 3.37. The highest BCUT2D eigenvalue weighted by molar-refractivity contribution is 6.08. The van der Waals surface area contributed by atoms with Crippen LogP contribution in [0.3, 0.4) is 0 Å². The monoisotopic (exact) mass is 336 g/mol. The second kappa shape index (κ2) is 6.11. The summed E-state index contributed by atoms with van der Waals surface area (Å²) in [6.07, 6.45) is 0.273. The van der Waals surface area contributed by atoms with Crippen LogP contribution in [0.25, 0.3) is 5.57 Å². The number of ether oxygens (including phenoxy) is 1. The number of carbonyl (C=O) groups excluding carboxylic acids is 1. The van der Waals surface area contributed by atoms with Gasteiger partial charge in [0.15, 0.2) is 0 Å². The first-order valence-corrected chi connectivity index (χ1v) is 8.12. The van der Waals surface area contributed by atoms with E-state index >= 15 is 0 Å². The first-order chi connectivity index (χ1) is 11.3. The summed E-state index contributed by atoms with van der Waals surface area (Å²) in [5, 5.41) is 0. The fourth-order valence-electron chi connectivity index (χ4n) is 3.37. The molecule has 0 aliphatic heterocycles. The van der Waals surface area contributed by atoms with Crippen molar-refractivity contribution < 1.29 is 22.7 Å². The number of hydrogen-bond acceptors (Lipinski definition) is 2. The van der Waals surface area contributed by atoms with Crippen molar-refractivity contribution in [1.82, 2.24) is 0 Å². The van der Waals surface area contributed by atoms with Crippen LogP contribution in [0.4, 0.5) is 13.2 Å². The zero-order valence-electron chi connectivity index (χ0n) is 13.6. The van der Waals surface area contributed by atoms with Gasteiger partial charge in [-0.2, -0.15) is 13.2 Å². The lowest BCUT2D eigenvalue weighted by Gasteiger charge is -2.18. The molecule has 0 fully saturated rings. The summed E-state index contributed by atoms with van der Waals surface area (Å²) in [6, 6.07) is 6.98. The number of carbonyl (C=O) groups is 1. The molecular weight excluding hydrogens is 317 g/mol. The predicted octanol–water partition coefficient (Wildman–Crippen LogP) is 4.95. The van der Waals surface area contributed by atoms with E-state index in [1.807, 2.05) is 19.9 Å². The molecule has 2 bridgehead atoms. The van der Waals surface area contributed by atoms with Gasteiger partial charge in [0, 0.05) is 17.4 Å². The number of ketones is 1. The molecule has 0 spiro atoms. The molecule has 0 saturated heterocycles. The molecule has 3 rings (SSSR count). The van der Waals surface area contributed by atoms with Gasteiger partial charge < -0.3 is 4.74 Å². The number of allylic oxidation sites excluding steroid dienone is 4. The second-order valence-electron chi connectivity index (χ2n) is 6.35. The van der Waals surface area contributed by atoms with E-state index in [4.69, 9.17) is 4.74 Å². The van der Waals surface area contributed by atoms with E-state index in [1.54, 1.807) is 30.3 Å². The number of alkyl halides is 3. The molecule has 5 heteroatoms. The van der Waals surface area contributed by atoms with Gasteiger partial charge in [-0.1, -0.05) is 31.2 Å². The maximum absolute atomic E-state index is 12.9. The highest BCUT2D eigenvalue weighted by Crippen LogP contribution is 2.50. The first-order valence-electron chi connectivity index (χ1n) is 8.12. The standard InChI is InChI=1S/C19H19F3O2/c1-3-11(2)24-15-8-6-12(7-9-15)16-13-4-5-14(10-13)17(16)18(23)19(20,21)22/h4-9,11,13-14H,3,10H2,1-2H3. The Labute approximate surface area is 139 Å². The normalized spacial score (nSPS) is 23.7. The Morgan fingerprint density at radius 1 is 1.21 bits per heavy atom. The van der Waals surface area contributed by atoms with Crippen LogP contribution in [-0.4, -0.2) is 18.1 Å². The zero-order valence-corrected chi connectivity index (χ0v) is 13.6. The summed E-state index contributed by atoms with van der Waals surface area (Å²) in [7, 11) is 0. The number of Topliss-reactive ketones (excluding diaryl/α,β-unsaturated/α-hetero) is 1. The van der Waals surface area contributed by atoms with E-state index in [-0.39, 0.29) is 17.6 Å². The smallest absolute Gasteiger partial charge is 0.454 e. The number of rotatable bonds is 5. The van der Waals surface area contributed by atoms with E-state index in [9.17, 15) is 18.0 Å². The molecule has 2 nitrogen and oxygen atoms in total. The minimum absolute atomic E-state index is 0.0721. The molecule has 0 radical (unpaired) electrons. The fraction of sp³-hybridized carbons (Fsp3) is 0.421. The van der Waals surface area contributed by atoms with Gasteiger partial charge in [-0.05, 0) is 43.0 Å². The summed E-state index contributed by atoms with van der Waals surface area (Å²) in [5.41, 5.74) is 1.08. The summed E-state index contributed by atoms with van der Waals surface area (Å²) >= 11 is 0. The summed E-state index contributed by atoms with van der Waals surface area (Å²) in [6.45, 7) is 3.97. The van der Waals surface area contributed by atoms with Crippen molar-refractivity contribution in [2.24, 2.45) is 11.8 Å². The van der Waals surface area contributed by atoms with Crippen LogP contribution in [0.5, 0.6) is 5.75 Å². The molecule has 128 valence electrons.